The molecule has 0 aliphatic carbocycles. The van der Waals surface area contributed by atoms with Gasteiger partial charge in [-0.1, -0.05) is 6.92 Å². The number of hydrogen-bond acceptors (Lipinski definition) is 2. The Hall–Kier alpha value is -0.220. The van der Waals surface area contributed by atoms with Crippen LogP contribution in [0.25, 0.3) is 0 Å². The molecule has 0 N–H and O–H groups in total. The standard InChI is InChI=1S/C10H20F2N2/c1-10-8-13(4-2-11)6-7-14(9-10)5-3-12/h10H,2-9H2,1H3. The lowest BCUT2D eigenvalue weighted by atomic mass is 10.1. The van der Waals surface area contributed by atoms with Crippen LogP contribution < -0.4 is 0 Å². The number of nitrogens with zero attached hydrogens (tertiary/aromatic N) is 2. The van der Waals surface area contributed by atoms with Crippen LogP contribution in [-0.4, -0.2) is 62.4 Å². The minimum absolute atomic E-state index is 0.282. The maximum absolute atomic E-state index is 12.2. The van der Waals surface area contributed by atoms with Crippen LogP contribution in [-0.2, 0) is 0 Å². The average molecular weight is 206 g/mol. The van der Waals surface area contributed by atoms with Gasteiger partial charge < -0.3 is 0 Å². The second kappa shape index (κ2) is 6.30. The molecule has 0 bridgehead atoms. The van der Waals surface area contributed by atoms with Gasteiger partial charge in [0.1, 0.15) is 13.3 Å². The molecule has 84 valence electrons. The fourth-order valence-corrected chi connectivity index (χ4v) is 2.05. The molecule has 0 atom stereocenters. The monoisotopic (exact) mass is 206 g/mol. The molecule has 14 heavy (non-hydrogen) atoms. The Morgan fingerprint density at radius 2 is 1.43 bits per heavy atom. The highest BCUT2D eigenvalue weighted by molar-refractivity contribution is 4.73. The molecule has 0 amide bonds. The van der Waals surface area contributed by atoms with Crippen molar-refractivity contribution in [3.8, 4) is 0 Å². The third kappa shape index (κ3) is 3.88. The topological polar surface area (TPSA) is 6.48 Å². The van der Waals surface area contributed by atoms with E-state index in [1.807, 2.05) is 0 Å². The molecule has 0 aromatic rings. The van der Waals surface area contributed by atoms with E-state index in [-0.39, 0.29) is 13.3 Å². The Morgan fingerprint density at radius 3 is 1.79 bits per heavy atom. The van der Waals surface area contributed by atoms with E-state index < -0.39 is 0 Å². The van der Waals surface area contributed by atoms with Crippen molar-refractivity contribution in [2.75, 3.05) is 52.6 Å². The first-order chi connectivity index (χ1) is 6.76. The summed E-state index contributed by atoms with van der Waals surface area (Å²) in [6.07, 6.45) is 0. The minimum Gasteiger partial charge on any atom is -0.299 e. The Bertz CT molecular complexity index is 139. The summed E-state index contributed by atoms with van der Waals surface area (Å²) in [5, 5.41) is 0. The van der Waals surface area contributed by atoms with Gasteiger partial charge in [-0.05, 0) is 5.92 Å². The number of rotatable bonds is 4. The molecule has 0 aromatic heterocycles. The molecule has 2 nitrogen and oxygen atoms in total. The summed E-state index contributed by atoms with van der Waals surface area (Å²) in [7, 11) is 0. The summed E-state index contributed by atoms with van der Waals surface area (Å²) < 4.78 is 24.3. The van der Waals surface area contributed by atoms with E-state index in [1.54, 1.807) is 0 Å². The van der Waals surface area contributed by atoms with Crippen molar-refractivity contribution in [1.29, 1.82) is 0 Å². The predicted molar refractivity (Wildman–Crippen MR) is 54.0 cm³/mol. The molecule has 4 heteroatoms. The second-order valence-electron chi connectivity index (χ2n) is 4.08. The maximum Gasteiger partial charge on any atom is 0.102 e. The lowest BCUT2D eigenvalue weighted by Gasteiger charge is -2.19. The average Bonchev–Trinajstić information content (AvgIpc) is 2.29. The zero-order valence-corrected chi connectivity index (χ0v) is 8.88. The summed E-state index contributed by atoms with van der Waals surface area (Å²) in [6.45, 7) is 6.23. The van der Waals surface area contributed by atoms with Crippen LogP contribution >= 0.6 is 0 Å². The third-order valence-electron chi connectivity index (χ3n) is 2.67. The first-order valence-electron chi connectivity index (χ1n) is 5.33. The van der Waals surface area contributed by atoms with Crippen molar-refractivity contribution in [1.82, 2.24) is 9.80 Å². The second-order valence-corrected chi connectivity index (χ2v) is 4.08. The normalized spacial score (nSPS) is 22.5. The van der Waals surface area contributed by atoms with Gasteiger partial charge in [-0.2, -0.15) is 0 Å². The molecule has 0 spiro atoms. The fourth-order valence-electron chi connectivity index (χ4n) is 2.05. The molecular formula is C10H20F2N2. The van der Waals surface area contributed by atoms with E-state index in [4.69, 9.17) is 0 Å². The molecule has 1 fully saturated rings. The predicted octanol–water partition coefficient (Wildman–Crippen LogP) is 1.18. The van der Waals surface area contributed by atoms with Crippen LogP contribution in [0, 0.1) is 5.92 Å². The molecule has 0 aromatic carbocycles. The maximum atomic E-state index is 12.2. The highest BCUT2D eigenvalue weighted by Gasteiger charge is 2.18. The minimum atomic E-state index is -0.282. The molecule has 1 rings (SSSR count). The van der Waals surface area contributed by atoms with Gasteiger partial charge in [-0.3, -0.25) is 9.80 Å². The van der Waals surface area contributed by atoms with E-state index >= 15 is 0 Å². The first-order valence-corrected chi connectivity index (χ1v) is 5.33. The molecule has 1 aliphatic rings. The first kappa shape index (κ1) is 11.9. The zero-order chi connectivity index (χ0) is 10.4. The SMILES string of the molecule is CC1CN(CCF)CCN(CCF)C1. The molecule has 1 saturated heterocycles. The van der Waals surface area contributed by atoms with Crippen molar-refractivity contribution in [2.24, 2.45) is 5.92 Å². The van der Waals surface area contributed by atoms with Gasteiger partial charge in [0.05, 0.1) is 0 Å². The Kier molecular flexibility index (Phi) is 5.33. The summed E-state index contributed by atoms with van der Waals surface area (Å²) in [6, 6.07) is 0. The van der Waals surface area contributed by atoms with Gasteiger partial charge in [0.25, 0.3) is 0 Å². The van der Waals surface area contributed by atoms with Gasteiger partial charge in [-0.15, -0.1) is 0 Å². The Balaban J connectivity index is 2.36. The van der Waals surface area contributed by atoms with Crippen LogP contribution in [0.15, 0.2) is 0 Å². The van der Waals surface area contributed by atoms with Gasteiger partial charge in [0, 0.05) is 39.3 Å². The highest BCUT2D eigenvalue weighted by Crippen LogP contribution is 2.08. The van der Waals surface area contributed by atoms with Crippen molar-refractivity contribution in [3.63, 3.8) is 0 Å². The van der Waals surface area contributed by atoms with E-state index in [1.165, 1.54) is 0 Å². The van der Waals surface area contributed by atoms with Gasteiger partial charge >= 0.3 is 0 Å². The van der Waals surface area contributed by atoms with Crippen LogP contribution in [0.2, 0.25) is 0 Å². The molecule has 1 heterocycles. The number of hydrogen-bond donors (Lipinski definition) is 0. The van der Waals surface area contributed by atoms with Crippen molar-refractivity contribution in [3.05, 3.63) is 0 Å². The van der Waals surface area contributed by atoms with Crippen LogP contribution in [0.1, 0.15) is 6.92 Å². The summed E-state index contributed by atoms with van der Waals surface area (Å²) in [4.78, 5) is 4.26. The lowest BCUT2D eigenvalue weighted by Crippen LogP contribution is -2.32. The Morgan fingerprint density at radius 1 is 1.00 bits per heavy atom. The van der Waals surface area contributed by atoms with Crippen molar-refractivity contribution in [2.45, 2.75) is 6.92 Å². The highest BCUT2D eigenvalue weighted by atomic mass is 19.1. The summed E-state index contributed by atoms with van der Waals surface area (Å²) >= 11 is 0. The van der Waals surface area contributed by atoms with E-state index in [9.17, 15) is 8.78 Å². The number of halogens is 2. The summed E-state index contributed by atoms with van der Waals surface area (Å²) in [5.74, 6) is 0.510. The van der Waals surface area contributed by atoms with E-state index in [0.717, 1.165) is 26.2 Å². The zero-order valence-electron chi connectivity index (χ0n) is 8.88. The van der Waals surface area contributed by atoms with Gasteiger partial charge in [0.15, 0.2) is 0 Å². The third-order valence-corrected chi connectivity index (χ3v) is 2.67. The lowest BCUT2D eigenvalue weighted by molar-refractivity contribution is 0.231. The largest absolute Gasteiger partial charge is 0.299 e. The molecule has 0 saturated carbocycles. The fraction of sp³-hybridized carbons (Fsp3) is 1.00. The van der Waals surface area contributed by atoms with E-state index in [0.29, 0.717) is 19.0 Å². The Labute approximate surface area is 84.9 Å². The van der Waals surface area contributed by atoms with Crippen LogP contribution in [0.5, 0.6) is 0 Å². The molecule has 0 radical (unpaired) electrons. The smallest absolute Gasteiger partial charge is 0.102 e. The van der Waals surface area contributed by atoms with Crippen molar-refractivity contribution < 1.29 is 8.78 Å². The molecule has 1 aliphatic heterocycles. The van der Waals surface area contributed by atoms with Crippen LogP contribution in [0.3, 0.4) is 0 Å². The van der Waals surface area contributed by atoms with Crippen molar-refractivity contribution >= 4 is 0 Å². The van der Waals surface area contributed by atoms with Gasteiger partial charge in [0.2, 0.25) is 0 Å². The van der Waals surface area contributed by atoms with Gasteiger partial charge in [-0.25, -0.2) is 8.78 Å². The van der Waals surface area contributed by atoms with Crippen LogP contribution in [0.4, 0.5) is 8.78 Å². The number of alkyl halides is 2. The molecular weight excluding hydrogens is 186 g/mol. The van der Waals surface area contributed by atoms with E-state index in [2.05, 4.69) is 16.7 Å². The summed E-state index contributed by atoms with van der Waals surface area (Å²) in [5.41, 5.74) is 0. The molecule has 0 unspecified atom stereocenters. The quantitative estimate of drug-likeness (QED) is 0.681.